The van der Waals surface area contributed by atoms with Crippen LogP contribution in [0.25, 0.3) is 0 Å². The van der Waals surface area contributed by atoms with Gasteiger partial charge in [0.2, 0.25) is 0 Å². The molecule has 0 amide bonds. The van der Waals surface area contributed by atoms with Crippen LogP contribution in [-0.4, -0.2) is 0 Å². The standard InChI is InChI=1S/C8H11P/c1-7-3-2-4-8(9)6-5-7/h2-7H,9H2,1H3. The van der Waals surface area contributed by atoms with Gasteiger partial charge in [0.25, 0.3) is 0 Å². The van der Waals surface area contributed by atoms with E-state index in [1.165, 1.54) is 5.31 Å². The third-order valence-corrected chi connectivity index (χ3v) is 1.68. The van der Waals surface area contributed by atoms with E-state index in [2.05, 4.69) is 46.5 Å². The van der Waals surface area contributed by atoms with Crippen LogP contribution < -0.4 is 0 Å². The lowest BCUT2D eigenvalue weighted by molar-refractivity contribution is 0.942. The van der Waals surface area contributed by atoms with E-state index < -0.39 is 0 Å². The van der Waals surface area contributed by atoms with Crippen molar-refractivity contribution < 1.29 is 0 Å². The highest BCUT2D eigenvalue weighted by molar-refractivity contribution is 7.22. The molecule has 2 unspecified atom stereocenters. The molecule has 48 valence electrons. The summed E-state index contributed by atoms with van der Waals surface area (Å²) in [5.74, 6) is 0.583. The lowest BCUT2D eigenvalue weighted by atomic mass is 10.2. The van der Waals surface area contributed by atoms with Crippen LogP contribution in [0.1, 0.15) is 6.92 Å². The fourth-order valence-electron chi connectivity index (χ4n) is 0.725. The highest BCUT2D eigenvalue weighted by Crippen LogP contribution is 2.13. The zero-order chi connectivity index (χ0) is 6.69. The van der Waals surface area contributed by atoms with Gasteiger partial charge in [-0.25, -0.2) is 0 Å². The topological polar surface area (TPSA) is 0 Å². The molecule has 0 saturated carbocycles. The van der Waals surface area contributed by atoms with E-state index >= 15 is 0 Å². The van der Waals surface area contributed by atoms with Crippen molar-refractivity contribution in [3.8, 4) is 0 Å². The van der Waals surface area contributed by atoms with Gasteiger partial charge in [0, 0.05) is 0 Å². The van der Waals surface area contributed by atoms with E-state index in [1.807, 2.05) is 0 Å². The maximum atomic E-state index is 2.68. The van der Waals surface area contributed by atoms with Crippen molar-refractivity contribution in [2.24, 2.45) is 5.92 Å². The summed E-state index contributed by atoms with van der Waals surface area (Å²) in [5.41, 5.74) is 0. The Morgan fingerprint density at radius 2 is 2.22 bits per heavy atom. The van der Waals surface area contributed by atoms with Gasteiger partial charge in [-0.1, -0.05) is 37.3 Å². The van der Waals surface area contributed by atoms with Crippen molar-refractivity contribution in [1.82, 2.24) is 0 Å². The zero-order valence-electron chi connectivity index (χ0n) is 5.54. The Labute approximate surface area is 58.5 Å². The second-order valence-electron chi connectivity index (χ2n) is 2.27. The number of rotatable bonds is 0. The number of hydrogen-bond acceptors (Lipinski definition) is 0. The summed E-state index contributed by atoms with van der Waals surface area (Å²) in [5, 5.41) is 1.25. The summed E-state index contributed by atoms with van der Waals surface area (Å²) >= 11 is 0. The fourth-order valence-corrected chi connectivity index (χ4v) is 0.947. The third kappa shape index (κ3) is 2.15. The summed E-state index contributed by atoms with van der Waals surface area (Å²) in [6, 6.07) is 0. The van der Waals surface area contributed by atoms with Crippen molar-refractivity contribution in [2.45, 2.75) is 6.92 Å². The van der Waals surface area contributed by atoms with Gasteiger partial charge in [-0.05, 0) is 11.2 Å². The molecule has 0 heterocycles. The largest absolute Gasteiger partial charge is 0.106 e. The molecule has 9 heavy (non-hydrogen) atoms. The van der Waals surface area contributed by atoms with Crippen molar-refractivity contribution in [2.75, 3.05) is 0 Å². The SMILES string of the molecule is CC1C=CC=C(P)C=C1. The Hall–Kier alpha value is -0.350. The fraction of sp³-hybridized carbons (Fsp3) is 0.250. The Bertz CT molecular complexity index is 175. The lowest BCUT2D eigenvalue weighted by Gasteiger charge is -1.91. The van der Waals surface area contributed by atoms with Gasteiger partial charge in [-0.15, -0.1) is 9.24 Å². The molecular weight excluding hydrogens is 127 g/mol. The zero-order valence-corrected chi connectivity index (χ0v) is 6.70. The van der Waals surface area contributed by atoms with Gasteiger partial charge in [0.1, 0.15) is 0 Å². The van der Waals surface area contributed by atoms with E-state index in [9.17, 15) is 0 Å². The van der Waals surface area contributed by atoms with Gasteiger partial charge in [-0.2, -0.15) is 0 Å². The monoisotopic (exact) mass is 138 g/mol. The van der Waals surface area contributed by atoms with E-state index in [0.717, 1.165) is 0 Å². The molecule has 0 aromatic rings. The first-order valence-corrected chi connectivity index (χ1v) is 3.69. The van der Waals surface area contributed by atoms with Crippen LogP contribution in [-0.2, 0) is 0 Å². The van der Waals surface area contributed by atoms with Crippen molar-refractivity contribution >= 4 is 9.24 Å². The number of allylic oxidation sites excluding steroid dienone is 6. The molecule has 0 spiro atoms. The van der Waals surface area contributed by atoms with Crippen LogP contribution in [0.15, 0.2) is 35.7 Å². The first-order valence-electron chi connectivity index (χ1n) is 3.11. The predicted molar refractivity (Wildman–Crippen MR) is 45.2 cm³/mol. The van der Waals surface area contributed by atoms with Gasteiger partial charge in [-0.3, -0.25) is 0 Å². The lowest BCUT2D eigenvalue weighted by Crippen LogP contribution is -1.77. The van der Waals surface area contributed by atoms with Crippen LogP contribution in [0.5, 0.6) is 0 Å². The molecule has 0 nitrogen and oxygen atoms in total. The molecule has 0 aromatic heterocycles. The van der Waals surface area contributed by atoms with Crippen LogP contribution in [0.3, 0.4) is 0 Å². The maximum absolute atomic E-state index is 2.68. The van der Waals surface area contributed by atoms with Gasteiger partial charge >= 0.3 is 0 Å². The molecule has 0 aliphatic heterocycles. The molecule has 0 saturated heterocycles. The van der Waals surface area contributed by atoms with Gasteiger partial charge < -0.3 is 0 Å². The smallest absolute Gasteiger partial charge is 0.00754 e. The summed E-state index contributed by atoms with van der Waals surface area (Å²) in [6.07, 6.45) is 10.7. The molecule has 1 aliphatic carbocycles. The molecule has 0 radical (unpaired) electrons. The average molecular weight is 138 g/mol. The minimum Gasteiger partial charge on any atom is -0.106 e. The Morgan fingerprint density at radius 3 is 3.00 bits per heavy atom. The van der Waals surface area contributed by atoms with Crippen LogP contribution >= 0.6 is 9.24 Å². The highest BCUT2D eigenvalue weighted by atomic mass is 31.0. The van der Waals surface area contributed by atoms with Crippen LogP contribution in [0.2, 0.25) is 0 Å². The van der Waals surface area contributed by atoms with Crippen LogP contribution in [0.4, 0.5) is 0 Å². The number of hydrogen-bond donors (Lipinski definition) is 0. The van der Waals surface area contributed by atoms with Crippen molar-refractivity contribution in [3.63, 3.8) is 0 Å². The Kier molecular flexibility index (Phi) is 2.24. The predicted octanol–water partition coefficient (Wildman–Crippen LogP) is 2.51. The summed E-state index contributed by atoms with van der Waals surface area (Å²) in [7, 11) is 2.68. The maximum Gasteiger partial charge on any atom is -0.00754 e. The minimum atomic E-state index is 0.583. The molecule has 0 aromatic carbocycles. The molecular formula is C8H11P. The van der Waals surface area contributed by atoms with E-state index in [0.29, 0.717) is 5.92 Å². The minimum absolute atomic E-state index is 0.583. The molecule has 0 bridgehead atoms. The summed E-state index contributed by atoms with van der Waals surface area (Å²) in [6.45, 7) is 2.17. The molecule has 2 atom stereocenters. The van der Waals surface area contributed by atoms with E-state index in [-0.39, 0.29) is 0 Å². The third-order valence-electron chi connectivity index (χ3n) is 1.30. The molecule has 1 heteroatoms. The second-order valence-corrected chi connectivity index (χ2v) is 2.94. The summed E-state index contributed by atoms with van der Waals surface area (Å²) in [4.78, 5) is 0. The van der Waals surface area contributed by atoms with E-state index in [1.54, 1.807) is 0 Å². The van der Waals surface area contributed by atoms with Crippen molar-refractivity contribution in [3.05, 3.63) is 35.7 Å². The van der Waals surface area contributed by atoms with Crippen LogP contribution in [0, 0.1) is 5.92 Å². The first kappa shape index (κ1) is 6.77. The molecule has 1 rings (SSSR count). The first-order chi connectivity index (χ1) is 4.29. The molecule has 0 fully saturated rings. The average Bonchev–Trinajstić information content (AvgIpc) is 1.97. The normalized spacial score (nSPS) is 25.6. The Morgan fingerprint density at radius 1 is 1.44 bits per heavy atom. The van der Waals surface area contributed by atoms with E-state index in [4.69, 9.17) is 0 Å². The second kappa shape index (κ2) is 2.98. The quantitative estimate of drug-likeness (QED) is 0.451. The highest BCUT2D eigenvalue weighted by Gasteiger charge is 1.91. The summed E-state index contributed by atoms with van der Waals surface area (Å²) < 4.78 is 0. The van der Waals surface area contributed by atoms with Crippen molar-refractivity contribution in [1.29, 1.82) is 0 Å². The molecule has 0 N–H and O–H groups in total. The Balaban J connectivity index is 2.75. The molecule has 1 aliphatic rings. The van der Waals surface area contributed by atoms with Gasteiger partial charge in [0.05, 0.1) is 0 Å². The van der Waals surface area contributed by atoms with Gasteiger partial charge in [0.15, 0.2) is 0 Å².